The number of carbonyl (C=O) groups is 3. The summed E-state index contributed by atoms with van der Waals surface area (Å²) in [6.07, 6.45) is 5.32. The molecule has 0 radical (unpaired) electrons. The Kier molecular flexibility index (Phi) is 8.80. The highest BCUT2D eigenvalue weighted by molar-refractivity contribution is 8.00. The number of piperidine rings is 1. The van der Waals surface area contributed by atoms with E-state index in [-0.39, 0.29) is 17.2 Å². The number of carbonyl (C=O) groups excluding carboxylic acids is 3. The molecule has 0 bridgehead atoms. The number of benzene rings is 3. The summed E-state index contributed by atoms with van der Waals surface area (Å²) in [5.74, 6) is -3.91. The van der Waals surface area contributed by atoms with Crippen molar-refractivity contribution in [1.29, 1.82) is 0 Å². The van der Waals surface area contributed by atoms with Gasteiger partial charge in [-0.15, -0.1) is 11.8 Å². The van der Waals surface area contributed by atoms with Gasteiger partial charge in [0.2, 0.25) is 0 Å². The van der Waals surface area contributed by atoms with Gasteiger partial charge in [0.05, 0.1) is 22.8 Å². The first kappa shape index (κ1) is 30.1. The molecular weight excluding hydrogens is 627 g/mol. The molecule has 43 heavy (non-hydrogen) atoms. The van der Waals surface area contributed by atoms with Crippen molar-refractivity contribution >= 4 is 75.8 Å². The second-order valence-electron chi connectivity index (χ2n) is 10.5. The van der Waals surface area contributed by atoms with Crippen LogP contribution in [0.4, 0.5) is 11.4 Å². The Morgan fingerprint density at radius 2 is 1.72 bits per heavy atom. The van der Waals surface area contributed by atoms with E-state index >= 15 is 0 Å². The summed E-state index contributed by atoms with van der Waals surface area (Å²) in [5, 5.41) is 0.670. The summed E-state index contributed by atoms with van der Waals surface area (Å²) in [6.45, 7) is 1.52. The van der Waals surface area contributed by atoms with Crippen molar-refractivity contribution in [2.24, 2.45) is 5.92 Å². The number of halogens is 2. The lowest BCUT2D eigenvalue weighted by Crippen LogP contribution is -2.59. The first-order valence-corrected chi connectivity index (χ1v) is 16.7. The van der Waals surface area contributed by atoms with E-state index in [1.54, 1.807) is 35.7 Å². The van der Waals surface area contributed by atoms with E-state index in [1.807, 2.05) is 17.0 Å². The van der Waals surface area contributed by atoms with Crippen LogP contribution in [-0.2, 0) is 19.1 Å². The molecule has 3 aliphatic rings. The molecule has 222 valence electrons. The monoisotopic (exact) mass is 654 g/mol. The maximum Gasteiger partial charge on any atom is 0.335 e. The van der Waals surface area contributed by atoms with Crippen LogP contribution in [0.25, 0.3) is 0 Å². The van der Waals surface area contributed by atoms with Crippen molar-refractivity contribution in [3.63, 3.8) is 0 Å². The number of rotatable bonds is 7. The molecule has 1 fully saturated rings. The smallest absolute Gasteiger partial charge is 0.335 e. The number of thioether (sulfide) groups is 1. The molecule has 7 nitrogen and oxygen atoms in total. The normalized spacial score (nSPS) is 19.3. The highest BCUT2D eigenvalue weighted by atomic mass is 35.5. The number of likely N-dealkylation sites (tertiary alicyclic amines) is 1. The zero-order valence-corrected chi connectivity index (χ0v) is 26.4. The van der Waals surface area contributed by atoms with Gasteiger partial charge < -0.3 is 14.4 Å². The van der Waals surface area contributed by atoms with Crippen molar-refractivity contribution in [2.45, 2.75) is 39.9 Å². The third-order valence-electron chi connectivity index (χ3n) is 7.82. The lowest BCUT2D eigenvalue weighted by atomic mass is 9.86. The van der Waals surface area contributed by atoms with E-state index in [4.69, 9.17) is 32.7 Å². The SMILES string of the molecule is CSc1ccc2c(c1)N(CCCN1CCC(C(=O)c3ccc(Cl)cc3Cl)CC13OC(=O)C=CC(=O)O3)c1ccccc1S2. The lowest BCUT2D eigenvalue weighted by molar-refractivity contribution is -0.297. The number of esters is 2. The molecule has 1 spiro atoms. The molecule has 3 heterocycles. The zero-order valence-electron chi connectivity index (χ0n) is 23.3. The first-order valence-electron chi connectivity index (χ1n) is 13.9. The number of anilines is 2. The molecule has 6 rings (SSSR count). The topological polar surface area (TPSA) is 76.2 Å². The predicted octanol–water partition coefficient (Wildman–Crippen LogP) is 7.61. The number of hydrogen-bond donors (Lipinski definition) is 0. The Bertz CT molecular complexity index is 1610. The molecule has 0 aliphatic carbocycles. The minimum absolute atomic E-state index is 0.00689. The Labute approximate surface area is 268 Å². The number of ether oxygens (including phenoxy) is 2. The van der Waals surface area contributed by atoms with Crippen molar-refractivity contribution in [2.75, 3.05) is 30.8 Å². The minimum Gasteiger partial charge on any atom is -0.405 e. The lowest BCUT2D eigenvalue weighted by Gasteiger charge is -2.46. The van der Waals surface area contributed by atoms with E-state index in [9.17, 15) is 14.4 Å². The number of Topliss-reactive ketones (excluding diaryl/α,β-unsaturated/α-hetero) is 1. The van der Waals surface area contributed by atoms with Crippen LogP contribution < -0.4 is 4.90 Å². The quantitative estimate of drug-likeness (QED) is 0.145. The molecule has 3 aromatic rings. The molecular formula is C32H28Cl2N2O5S2. The average molecular weight is 656 g/mol. The second kappa shape index (κ2) is 12.6. The number of para-hydroxylation sites is 1. The van der Waals surface area contributed by atoms with Gasteiger partial charge in [-0.1, -0.05) is 47.1 Å². The second-order valence-corrected chi connectivity index (χ2v) is 13.3. The zero-order chi connectivity index (χ0) is 30.1. The summed E-state index contributed by atoms with van der Waals surface area (Å²) < 4.78 is 11.6. The fourth-order valence-corrected chi connectivity index (χ4v) is 7.80. The third kappa shape index (κ3) is 6.19. The Hall–Kier alpha value is -2.95. The molecule has 1 unspecified atom stereocenters. The molecule has 3 aliphatic heterocycles. The van der Waals surface area contributed by atoms with Crippen LogP contribution in [0.3, 0.4) is 0 Å². The number of hydrogen-bond acceptors (Lipinski definition) is 9. The highest BCUT2D eigenvalue weighted by Gasteiger charge is 2.51. The summed E-state index contributed by atoms with van der Waals surface area (Å²) in [5.41, 5.74) is 2.61. The summed E-state index contributed by atoms with van der Waals surface area (Å²) in [6, 6.07) is 19.6. The van der Waals surface area contributed by atoms with E-state index in [0.29, 0.717) is 43.1 Å². The number of nitrogens with zero attached hydrogens (tertiary/aromatic N) is 2. The Morgan fingerprint density at radius 3 is 2.47 bits per heavy atom. The van der Waals surface area contributed by atoms with Crippen LogP contribution in [0.1, 0.15) is 29.6 Å². The maximum absolute atomic E-state index is 13.6. The number of fused-ring (bicyclic) bond motifs is 2. The van der Waals surface area contributed by atoms with Crippen LogP contribution in [0.2, 0.25) is 10.0 Å². The number of ketones is 1. The van der Waals surface area contributed by atoms with Gasteiger partial charge in [0, 0.05) is 63.0 Å². The van der Waals surface area contributed by atoms with Crippen LogP contribution in [0.15, 0.2) is 87.5 Å². The van der Waals surface area contributed by atoms with Gasteiger partial charge in [0.15, 0.2) is 5.78 Å². The molecule has 0 saturated carbocycles. The highest BCUT2D eigenvalue weighted by Crippen LogP contribution is 2.49. The van der Waals surface area contributed by atoms with E-state index in [2.05, 4.69) is 41.5 Å². The fourth-order valence-electron chi connectivity index (χ4n) is 5.79. The van der Waals surface area contributed by atoms with Crippen LogP contribution >= 0.6 is 46.7 Å². The predicted molar refractivity (Wildman–Crippen MR) is 170 cm³/mol. The summed E-state index contributed by atoms with van der Waals surface area (Å²) in [4.78, 5) is 46.6. The van der Waals surface area contributed by atoms with Gasteiger partial charge in [0.1, 0.15) is 0 Å². The van der Waals surface area contributed by atoms with E-state index in [1.165, 1.54) is 20.8 Å². The van der Waals surface area contributed by atoms with Gasteiger partial charge in [-0.3, -0.25) is 4.79 Å². The van der Waals surface area contributed by atoms with Crippen LogP contribution in [0, 0.1) is 5.92 Å². The molecule has 3 aromatic carbocycles. The van der Waals surface area contributed by atoms with E-state index < -0.39 is 23.8 Å². The van der Waals surface area contributed by atoms with Crippen molar-refractivity contribution < 1.29 is 23.9 Å². The molecule has 0 N–H and O–H groups in total. The van der Waals surface area contributed by atoms with Crippen LogP contribution in [-0.4, -0.2) is 54.4 Å². The standard InChI is InChI=1S/C32H28Cl2N2O5S2/c1-42-22-8-10-28-26(18-22)36(25-5-2-3-6-27(25)43-28)15-4-14-35-16-13-20(31(39)23-9-7-21(33)17-24(23)34)19-32(35)40-29(37)11-12-30(38)41-32/h2-3,5-12,17-18,20H,4,13-16,19H2,1H3. The third-order valence-corrected chi connectivity index (χ3v) is 10.2. The molecule has 0 aromatic heterocycles. The Morgan fingerprint density at radius 1 is 0.977 bits per heavy atom. The fraction of sp³-hybridized carbons (Fsp3) is 0.281. The van der Waals surface area contributed by atoms with Gasteiger partial charge >= 0.3 is 17.8 Å². The minimum atomic E-state index is -1.71. The maximum atomic E-state index is 13.6. The molecule has 1 atom stereocenters. The summed E-state index contributed by atoms with van der Waals surface area (Å²) >= 11 is 15.9. The average Bonchev–Trinajstić information content (AvgIpc) is 3.14. The van der Waals surface area contributed by atoms with Gasteiger partial charge in [-0.2, -0.15) is 0 Å². The first-order chi connectivity index (χ1) is 20.8. The van der Waals surface area contributed by atoms with Crippen molar-refractivity contribution in [3.8, 4) is 0 Å². The molecule has 0 amide bonds. The van der Waals surface area contributed by atoms with Gasteiger partial charge in [-0.05, 0) is 67.6 Å². The molecule has 1 saturated heterocycles. The van der Waals surface area contributed by atoms with Crippen LogP contribution in [0.5, 0.6) is 0 Å². The van der Waals surface area contributed by atoms with Gasteiger partial charge in [-0.25, -0.2) is 14.5 Å². The van der Waals surface area contributed by atoms with E-state index in [0.717, 1.165) is 23.5 Å². The molecule has 11 heteroatoms. The van der Waals surface area contributed by atoms with Gasteiger partial charge in [0.25, 0.3) is 0 Å². The summed E-state index contributed by atoms with van der Waals surface area (Å²) in [7, 11) is 0. The van der Waals surface area contributed by atoms with Crippen molar-refractivity contribution in [1.82, 2.24) is 4.90 Å². The Balaban J connectivity index is 1.24. The van der Waals surface area contributed by atoms with Crippen molar-refractivity contribution in [3.05, 3.63) is 88.4 Å². The largest absolute Gasteiger partial charge is 0.405 e.